The van der Waals surface area contributed by atoms with Crippen LogP contribution in [0.5, 0.6) is 0 Å². The molecule has 7 nitrogen and oxygen atoms in total. The van der Waals surface area contributed by atoms with Gasteiger partial charge in [0.25, 0.3) is 0 Å². The summed E-state index contributed by atoms with van der Waals surface area (Å²) in [5, 5.41) is 13.3. The normalized spacial score (nSPS) is 12.6. The third-order valence-corrected chi connectivity index (χ3v) is 4.29. The first kappa shape index (κ1) is 19.5. The van der Waals surface area contributed by atoms with Crippen LogP contribution in [0.4, 0.5) is 4.79 Å². The molecule has 1 heterocycles. The predicted octanol–water partition coefficient (Wildman–Crippen LogP) is 2.69. The molecule has 1 aromatic heterocycles. The lowest BCUT2D eigenvalue weighted by molar-refractivity contribution is 0.0476. The van der Waals surface area contributed by atoms with Crippen LogP contribution in [-0.4, -0.2) is 40.5 Å². The van der Waals surface area contributed by atoms with E-state index >= 15 is 0 Å². The molecule has 138 valence electrons. The number of nitrogens with two attached hydrogens (primary N) is 1. The molecule has 0 aliphatic heterocycles. The van der Waals surface area contributed by atoms with Gasteiger partial charge < -0.3 is 10.5 Å². The lowest BCUT2D eigenvalue weighted by Gasteiger charge is -2.37. The van der Waals surface area contributed by atoms with Gasteiger partial charge in [-0.15, -0.1) is 0 Å². The Balaban J connectivity index is 2.20. The average Bonchev–Trinajstić information content (AvgIpc) is 3.01. The maximum Gasteiger partial charge on any atom is 0.404 e. The number of likely N-dealkylation sites (N-methyl/N-ethyl adjacent to an activating group) is 1. The van der Waals surface area contributed by atoms with Crippen molar-refractivity contribution in [2.45, 2.75) is 33.4 Å². The number of carbonyl (C=O) groups is 1. The van der Waals surface area contributed by atoms with Crippen LogP contribution >= 0.6 is 0 Å². The monoisotopic (exact) mass is 355 g/mol. The molecule has 2 aromatic rings. The van der Waals surface area contributed by atoms with Gasteiger partial charge in [-0.3, -0.25) is 4.90 Å². The maximum atomic E-state index is 11.0. The Hall–Kier alpha value is -2.85. The van der Waals surface area contributed by atoms with Crippen molar-refractivity contribution in [1.82, 2.24) is 14.7 Å². The van der Waals surface area contributed by atoms with Gasteiger partial charge in [-0.1, -0.05) is 20.8 Å². The van der Waals surface area contributed by atoms with E-state index in [1.807, 2.05) is 29.9 Å². The summed E-state index contributed by atoms with van der Waals surface area (Å²) in [6.07, 6.45) is 0.975. The highest BCUT2D eigenvalue weighted by atomic mass is 16.5. The van der Waals surface area contributed by atoms with E-state index in [4.69, 9.17) is 15.7 Å². The highest BCUT2D eigenvalue weighted by molar-refractivity contribution is 5.64. The summed E-state index contributed by atoms with van der Waals surface area (Å²) in [6.45, 7) is 7.12. The molecule has 0 spiro atoms. The summed E-state index contributed by atoms with van der Waals surface area (Å²) in [6, 6.07) is 11.3. The number of hydrogen-bond acceptors (Lipinski definition) is 5. The van der Waals surface area contributed by atoms with E-state index in [2.05, 4.69) is 36.8 Å². The molecule has 1 amide bonds. The van der Waals surface area contributed by atoms with Crippen LogP contribution in [0.25, 0.3) is 5.69 Å². The van der Waals surface area contributed by atoms with Gasteiger partial charge in [-0.25, -0.2) is 9.48 Å². The number of primary amides is 1. The van der Waals surface area contributed by atoms with Crippen LogP contribution in [0.2, 0.25) is 0 Å². The minimum absolute atomic E-state index is 0.0145. The zero-order chi connectivity index (χ0) is 19.3. The fourth-order valence-corrected chi connectivity index (χ4v) is 2.93. The Morgan fingerprint density at radius 1 is 1.35 bits per heavy atom. The Kier molecular flexibility index (Phi) is 6.01. The molecule has 1 aromatic carbocycles. The summed E-state index contributed by atoms with van der Waals surface area (Å²) >= 11 is 0. The van der Waals surface area contributed by atoms with Gasteiger partial charge in [0.05, 0.1) is 23.0 Å². The first-order valence-electron chi connectivity index (χ1n) is 8.38. The van der Waals surface area contributed by atoms with Crippen molar-refractivity contribution in [2.24, 2.45) is 11.1 Å². The molecule has 0 saturated carbocycles. The highest BCUT2D eigenvalue weighted by Crippen LogP contribution is 2.25. The Morgan fingerprint density at radius 3 is 2.54 bits per heavy atom. The second-order valence-electron chi connectivity index (χ2n) is 7.32. The second kappa shape index (κ2) is 8.02. The van der Waals surface area contributed by atoms with Crippen LogP contribution in [0.3, 0.4) is 0 Å². The molecule has 0 bridgehead atoms. The minimum atomic E-state index is -0.768. The quantitative estimate of drug-likeness (QED) is 0.859. The molecule has 0 aliphatic carbocycles. The van der Waals surface area contributed by atoms with E-state index in [0.29, 0.717) is 12.1 Å². The smallest absolute Gasteiger partial charge is 0.404 e. The van der Waals surface area contributed by atoms with E-state index < -0.39 is 6.09 Å². The van der Waals surface area contributed by atoms with Gasteiger partial charge in [0.2, 0.25) is 0 Å². The van der Waals surface area contributed by atoms with Crippen LogP contribution in [-0.2, 0) is 11.3 Å². The fraction of sp³-hybridized carbons (Fsp3) is 0.421. The number of carbonyl (C=O) groups excluding carboxylic acids is 1. The van der Waals surface area contributed by atoms with E-state index in [1.165, 1.54) is 0 Å². The number of benzene rings is 1. The predicted molar refractivity (Wildman–Crippen MR) is 98.5 cm³/mol. The molecule has 7 heteroatoms. The second-order valence-corrected chi connectivity index (χ2v) is 7.32. The highest BCUT2D eigenvalue weighted by Gasteiger charge is 2.30. The molecule has 1 unspecified atom stereocenters. The molecule has 0 saturated heterocycles. The van der Waals surface area contributed by atoms with E-state index in [-0.39, 0.29) is 18.1 Å². The zero-order valence-electron chi connectivity index (χ0n) is 15.6. The van der Waals surface area contributed by atoms with Crippen molar-refractivity contribution in [3.63, 3.8) is 0 Å². The molecule has 1 atom stereocenters. The Morgan fingerprint density at radius 2 is 2.00 bits per heavy atom. The van der Waals surface area contributed by atoms with Crippen LogP contribution < -0.4 is 5.73 Å². The third kappa shape index (κ3) is 4.83. The first-order valence-corrected chi connectivity index (χ1v) is 8.38. The molecule has 0 radical (unpaired) electrons. The van der Waals surface area contributed by atoms with Crippen molar-refractivity contribution in [3.8, 4) is 11.8 Å². The molecule has 26 heavy (non-hydrogen) atoms. The lowest BCUT2D eigenvalue weighted by atomic mass is 9.86. The molecular formula is C19H25N5O2. The Bertz CT molecular complexity index is 783. The van der Waals surface area contributed by atoms with E-state index in [1.54, 1.807) is 18.3 Å². The van der Waals surface area contributed by atoms with Crippen molar-refractivity contribution >= 4 is 6.09 Å². The molecular weight excluding hydrogens is 330 g/mol. The van der Waals surface area contributed by atoms with Crippen LogP contribution in [0.1, 0.15) is 32.0 Å². The van der Waals surface area contributed by atoms with Crippen LogP contribution in [0.15, 0.2) is 36.5 Å². The number of rotatable bonds is 6. The molecule has 2 N–H and O–H groups in total. The number of ether oxygens (including phenoxy) is 1. The van der Waals surface area contributed by atoms with E-state index in [9.17, 15) is 4.79 Å². The topological polar surface area (TPSA) is 97.2 Å². The van der Waals surface area contributed by atoms with Gasteiger partial charge in [-0.05, 0) is 42.8 Å². The van der Waals surface area contributed by atoms with Gasteiger partial charge in [0.15, 0.2) is 0 Å². The van der Waals surface area contributed by atoms with Crippen LogP contribution in [0, 0.1) is 16.7 Å². The molecule has 2 rings (SSSR count). The lowest BCUT2D eigenvalue weighted by Crippen LogP contribution is -2.45. The third-order valence-electron chi connectivity index (χ3n) is 4.29. The van der Waals surface area contributed by atoms with Crippen molar-refractivity contribution in [2.75, 3.05) is 13.7 Å². The number of nitrogens with zero attached hydrogens (tertiary/aromatic N) is 4. The summed E-state index contributed by atoms with van der Waals surface area (Å²) in [7, 11) is 1.98. The fourth-order valence-electron chi connectivity index (χ4n) is 2.93. The summed E-state index contributed by atoms with van der Waals surface area (Å²) in [5.74, 6) is 0. The number of nitriles is 1. The van der Waals surface area contributed by atoms with Gasteiger partial charge in [0.1, 0.15) is 6.61 Å². The van der Waals surface area contributed by atoms with Crippen molar-refractivity contribution < 1.29 is 9.53 Å². The minimum Gasteiger partial charge on any atom is -0.448 e. The van der Waals surface area contributed by atoms with Gasteiger partial charge in [-0.2, -0.15) is 10.4 Å². The average molecular weight is 355 g/mol. The van der Waals surface area contributed by atoms with Gasteiger partial charge >= 0.3 is 6.09 Å². The van der Waals surface area contributed by atoms with Gasteiger partial charge in [0, 0.05) is 18.8 Å². The largest absolute Gasteiger partial charge is 0.448 e. The van der Waals surface area contributed by atoms with Crippen molar-refractivity contribution in [3.05, 3.63) is 47.8 Å². The maximum absolute atomic E-state index is 11.0. The van der Waals surface area contributed by atoms with E-state index in [0.717, 1.165) is 11.4 Å². The summed E-state index contributed by atoms with van der Waals surface area (Å²) < 4.78 is 6.89. The SMILES string of the molecule is CN(Cc1ccnn1-c1ccc(C#N)cc1)C(COC(N)=O)C(C)(C)C. The zero-order valence-corrected chi connectivity index (χ0v) is 15.6. The number of amides is 1. The summed E-state index contributed by atoms with van der Waals surface area (Å²) in [4.78, 5) is 13.1. The molecule has 0 aliphatic rings. The Labute approximate surface area is 154 Å². The number of hydrogen-bond donors (Lipinski definition) is 1. The van der Waals surface area contributed by atoms with Crippen molar-refractivity contribution in [1.29, 1.82) is 5.26 Å². The summed E-state index contributed by atoms with van der Waals surface area (Å²) in [5.41, 5.74) is 7.51. The number of aromatic nitrogens is 2. The molecule has 0 fully saturated rings. The first-order chi connectivity index (χ1) is 12.2. The standard InChI is InChI=1S/C19H25N5O2/c1-19(2,3)17(13-26-18(21)25)23(4)12-16-9-10-22-24(16)15-7-5-14(11-20)6-8-15/h5-10,17H,12-13H2,1-4H3,(H2,21,25).